The largest absolute Gasteiger partial charge is 0.493 e. The summed E-state index contributed by atoms with van der Waals surface area (Å²) in [6.45, 7) is 3.12. The monoisotopic (exact) mass is 740 g/mol. The van der Waals surface area contributed by atoms with Crippen molar-refractivity contribution in [1.29, 1.82) is 0 Å². The quantitative estimate of drug-likeness (QED) is 0.0673. The molecular formula is C43H52N2O9. The average Bonchev–Trinajstić information content (AvgIpc) is 3.20. The summed E-state index contributed by atoms with van der Waals surface area (Å²) >= 11 is 0. The van der Waals surface area contributed by atoms with Crippen LogP contribution in [0.1, 0.15) is 77.3 Å². The van der Waals surface area contributed by atoms with Crippen LogP contribution in [0.3, 0.4) is 0 Å². The normalized spacial score (nSPS) is 13.4. The van der Waals surface area contributed by atoms with Crippen molar-refractivity contribution in [2.75, 3.05) is 61.2 Å². The number of hydrogen-bond donors (Lipinski definition) is 2. The highest BCUT2D eigenvalue weighted by Crippen LogP contribution is 2.41. The summed E-state index contributed by atoms with van der Waals surface area (Å²) in [5, 5.41) is 6.44. The standard InChI is InChI=1S/C43H52N2O9/c1-28-14-18-33-32(22-28)43(46)45-42(44-33)31-17-19-34(35(27-31)47-2)53-20-12-10-8-9-11-13-21-54-41-38(50-5)25-30(26-39(41)51-6)16-15-29-23-36(48-3)40(52-7)37(24-29)49-4/h14-19,22-27,42,44H,8-13,20-21H2,1-7H3,(H,45,46)/b16-15+. The third kappa shape index (κ3) is 9.83. The lowest BCUT2D eigenvalue weighted by Crippen LogP contribution is -2.38. The molecule has 0 bridgehead atoms. The van der Waals surface area contributed by atoms with Crippen molar-refractivity contribution in [2.45, 2.75) is 51.6 Å². The van der Waals surface area contributed by atoms with E-state index in [4.69, 9.17) is 37.9 Å². The van der Waals surface area contributed by atoms with Crippen LogP contribution >= 0.6 is 0 Å². The molecule has 54 heavy (non-hydrogen) atoms. The molecular weight excluding hydrogens is 688 g/mol. The lowest BCUT2D eigenvalue weighted by molar-refractivity contribution is 0.0935. The minimum atomic E-state index is -0.360. The zero-order chi connectivity index (χ0) is 38.5. The first kappa shape index (κ1) is 39.5. The molecule has 0 saturated heterocycles. The number of carbonyl (C=O) groups is 1. The van der Waals surface area contributed by atoms with Crippen molar-refractivity contribution in [3.63, 3.8) is 0 Å². The molecule has 11 nitrogen and oxygen atoms in total. The predicted octanol–water partition coefficient (Wildman–Crippen LogP) is 8.87. The number of amides is 1. The molecule has 5 rings (SSSR count). The number of fused-ring (bicyclic) bond motifs is 1. The summed E-state index contributed by atoms with van der Waals surface area (Å²) in [5.74, 6) is 4.71. The molecule has 1 atom stereocenters. The van der Waals surface area contributed by atoms with Crippen LogP contribution in [0.4, 0.5) is 5.69 Å². The van der Waals surface area contributed by atoms with Gasteiger partial charge in [-0.05, 0) is 85.0 Å². The van der Waals surface area contributed by atoms with Crippen LogP contribution in [0.5, 0.6) is 46.0 Å². The highest BCUT2D eigenvalue weighted by atomic mass is 16.5. The van der Waals surface area contributed by atoms with Gasteiger partial charge in [-0.2, -0.15) is 0 Å². The molecule has 4 aromatic rings. The number of ether oxygens (including phenoxy) is 8. The Balaban J connectivity index is 1.03. The summed E-state index contributed by atoms with van der Waals surface area (Å²) in [6, 6.07) is 19.2. The van der Waals surface area contributed by atoms with E-state index in [2.05, 4.69) is 10.6 Å². The number of benzene rings is 4. The summed E-state index contributed by atoms with van der Waals surface area (Å²) in [5.41, 5.74) is 5.16. The molecule has 288 valence electrons. The van der Waals surface area contributed by atoms with Crippen molar-refractivity contribution < 1.29 is 42.7 Å². The molecule has 1 heterocycles. The van der Waals surface area contributed by atoms with Crippen molar-refractivity contribution in [3.8, 4) is 46.0 Å². The highest BCUT2D eigenvalue weighted by Gasteiger charge is 2.25. The fourth-order valence-corrected chi connectivity index (χ4v) is 6.32. The Labute approximate surface area is 318 Å². The number of anilines is 1. The third-order valence-corrected chi connectivity index (χ3v) is 9.20. The Hall–Kier alpha value is -5.71. The number of rotatable bonds is 20. The maximum atomic E-state index is 12.7. The van der Waals surface area contributed by atoms with E-state index in [0.717, 1.165) is 66.5 Å². The second-order valence-corrected chi connectivity index (χ2v) is 12.9. The number of carbonyl (C=O) groups excluding carboxylic acids is 1. The van der Waals surface area contributed by atoms with E-state index in [0.29, 0.717) is 64.8 Å². The molecule has 0 saturated carbocycles. The van der Waals surface area contributed by atoms with Gasteiger partial charge in [-0.15, -0.1) is 0 Å². The number of unbranched alkanes of at least 4 members (excludes halogenated alkanes) is 5. The zero-order valence-electron chi connectivity index (χ0n) is 32.3. The Morgan fingerprint density at radius 1 is 0.537 bits per heavy atom. The molecule has 1 unspecified atom stereocenters. The molecule has 0 radical (unpaired) electrons. The molecule has 0 fully saturated rings. The predicted molar refractivity (Wildman–Crippen MR) is 211 cm³/mol. The highest BCUT2D eigenvalue weighted by molar-refractivity contribution is 6.02. The number of nitrogens with one attached hydrogen (secondary N) is 2. The fourth-order valence-electron chi connectivity index (χ4n) is 6.32. The third-order valence-electron chi connectivity index (χ3n) is 9.20. The molecule has 0 aliphatic carbocycles. The van der Waals surface area contributed by atoms with Gasteiger partial charge in [-0.25, -0.2) is 0 Å². The van der Waals surface area contributed by atoms with Gasteiger partial charge in [0.15, 0.2) is 34.5 Å². The number of aryl methyl sites for hydroxylation is 1. The molecule has 0 aromatic heterocycles. The van der Waals surface area contributed by atoms with E-state index in [-0.39, 0.29) is 12.1 Å². The molecule has 1 aliphatic heterocycles. The van der Waals surface area contributed by atoms with Crippen molar-refractivity contribution in [1.82, 2.24) is 5.32 Å². The van der Waals surface area contributed by atoms with Crippen LogP contribution in [0, 0.1) is 6.92 Å². The van der Waals surface area contributed by atoms with E-state index in [1.165, 1.54) is 0 Å². The van der Waals surface area contributed by atoms with Crippen molar-refractivity contribution >= 4 is 23.7 Å². The Bertz CT molecular complexity index is 1860. The minimum Gasteiger partial charge on any atom is -0.493 e. The smallest absolute Gasteiger partial charge is 0.255 e. The van der Waals surface area contributed by atoms with Gasteiger partial charge in [0.05, 0.1) is 61.4 Å². The van der Waals surface area contributed by atoms with E-state index >= 15 is 0 Å². The maximum absolute atomic E-state index is 12.7. The van der Waals surface area contributed by atoms with Crippen LogP contribution in [-0.4, -0.2) is 61.8 Å². The van der Waals surface area contributed by atoms with Crippen LogP contribution in [0.15, 0.2) is 60.7 Å². The lowest BCUT2D eigenvalue weighted by atomic mass is 10.0. The minimum absolute atomic E-state index is 0.102. The van der Waals surface area contributed by atoms with E-state index in [1.54, 1.807) is 42.7 Å². The first-order valence-electron chi connectivity index (χ1n) is 18.2. The molecule has 11 heteroatoms. The van der Waals surface area contributed by atoms with Crippen LogP contribution < -0.4 is 48.5 Å². The lowest BCUT2D eigenvalue weighted by Gasteiger charge is -2.28. The van der Waals surface area contributed by atoms with Gasteiger partial charge in [-0.1, -0.05) is 55.5 Å². The van der Waals surface area contributed by atoms with Gasteiger partial charge in [-0.3, -0.25) is 4.79 Å². The van der Waals surface area contributed by atoms with Crippen molar-refractivity contribution in [3.05, 3.63) is 88.5 Å². The SMILES string of the molecule is COc1cc(C2NC(=O)c3cc(C)ccc3N2)ccc1OCCCCCCCCOc1c(OC)cc(/C=C/c2cc(OC)c(OC)c(OC)c2)cc1OC. The molecule has 1 amide bonds. The van der Waals surface area contributed by atoms with Gasteiger partial charge in [0.25, 0.3) is 5.91 Å². The molecule has 0 spiro atoms. The van der Waals surface area contributed by atoms with Gasteiger partial charge in [0.1, 0.15) is 6.17 Å². The Morgan fingerprint density at radius 2 is 1.07 bits per heavy atom. The summed E-state index contributed by atoms with van der Waals surface area (Å²) < 4.78 is 45.6. The van der Waals surface area contributed by atoms with E-state index in [1.807, 2.05) is 79.7 Å². The first-order chi connectivity index (χ1) is 26.3. The summed E-state index contributed by atoms with van der Waals surface area (Å²) in [4.78, 5) is 12.7. The first-order valence-corrected chi connectivity index (χ1v) is 18.2. The summed E-state index contributed by atoms with van der Waals surface area (Å²) in [6.07, 6.45) is 9.72. The van der Waals surface area contributed by atoms with Crippen molar-refractivity contribution in [2.24, 2.45) is 0 Å². The summed E-state index contributed by atoms with van der Waals surface area (Å²) in [7, 11) is 9.64. The van der Waals surface area contributed by atoms with E-state index in [9.17, 15) is 4.79 Å². The zero-order valence-corrected chi connectivity index (χ0v) is 32.3. The molecule has 1 aliphatic rings. The fraction of sp³-hybridized carbons (Fsp3) is 0.372. The average molecular weight is 741 g/mol. The topological polar surface area (TPSA) is 115 Å². The van der Waals surface area contributed by atoms with Crippen LogP contribution in [-0.2, 0) is 0 Å². The Morgan fingerprint density at radius 3 is 1.63 bits per heavy atom. The molecule has 2 N–H and O–H groups in total. The van der Waals surface area contributed by atoms with Gasteiger partial charge < -0.3 is 48.5 Å². The van der Waals surface area contributed by atoms with Gasteiger partial charge >= 0.3 is 0 Å². The van der Waals surface area contributed by atoms with Gasteiger partial charge in [0, 0.05) is 5.69 Å². The van der Waals surface area contributed by atoms with E-state index < -0.39 is 0 Å². The number of methoxy groups -OCH3 is 6. The van der Waals surface area contributed by atoms with Gasteiger partial charge in [0.2, 0.25) is 11.5 Å². The van der Waals surface area contributed by atoms with Crippen LogP contribution in [0.2, 0.25) is 0 Å². The Kier molecular flexibility index (Phi) is 14.2. The molecule has 4 aromatic carbocycles. The number of hydrogen-bond acceptors (Lipinski definition) is 10. The second kappa shape index (κ2) is 19.4. The van der Waals surface area contributed by atoms with Crippen LogP contribution in [0.25, 0.3) is 12.2 Å². The second-order valence-electron chi connectivity index (χ2n) is 12.9. The maximum Gasteiger partial charge on any atom is 0.255 e.